The number of rotatable bonds is 3. The summed E-state index contributed by atoms with van der Waals surface area (Å²) in [6, 6.07) is 10.3. The Bertz CT molecular complexity index is 444. The second kappa shape index (κ2) is 7.90. The molecule has 2 heterocycles. The normalized spacial score (nSPS) is 9.00. The van der Waals surface area contributed by atoms with Crippen LogP contribution in [0.4, 0.5) is 5.69 Å². The van der Waals surface area contributed by atoms with Gasteiger partial charge >= 0.3 is 6.67 Å². The van der Waals surface area contributed by atoms with E-state index in [0.29, 0.717) is 0 Å². The van der Waals surface area contributed by atoms with E-state index in [2.05, 4.69) is 51.0 Å². The molecule has 0 unspecified atom stereocenters. The van der Waals surface area contributed by atoms with Crippen LogP contribution < -0.4 is 38.8 Å². The van der Waals surface area contributed by atoms with E-state index in [1.54, 1.807) is 0 Å². The van der Waals surface area contributed by atoms with E-state index in [-0.39, 0.29) is 24.8 Å². The highest BCUT2D eigenvalue weighted by Crippen LogP contribution is 2.05. The van der Waals surface area contributed by atoms with Gasteiger partial charge in [-0.15, -0.1) is 9.13 Å². The Morgan fingerprint density at radius 2 is 1.33 bits per heavy atom. The van der Waals surface area contributed by atoms with Crippen LogP contribution in [0, 0.1) is 0 Å². The zero-order valence-corrected chi connectivity index (χ0v) is 12.0. The standard InChI is InChI=1S/C13H17N3.2ClH/c1-14(2)13-6-10-16(11-7-13)12-15-8-4-3-5-9-15;;/h3-11H,12H2,1-2H3;2*1H/q+2;;/p-2. The maximum absolute atomic E-state index is 2.15. The van der Waals surface area contributed by atoms with E-state index in [4.69, 9.17) is 0 Å². The molecule has 98 valence electrons. The summed E-state index contributed by atoms with van der Waals surface area (Å²) in [6.07, 6.45) is 8.31. The van der Waals surface area contributed by atoms with Crippen molar-refractivity contribution in [2.75, 3.05) is 19.0 Å². The number of halogens is 2. The van der Waals surface area contributed by atoms with Gasteiger partial charge in [-0.1, -0.05) is 6.07 Å². The van der Waals surface area contributed by atoms with Crippen molar-refractivity contribution in [1.29, 1.82) is 0 Å². The molecule has 0 amide bonds. The van der Waals surface area contributed by atoms with Crippen molar-refractivity contribution in [1.82, 2.24) is 0 Å². The first-order valence-corrected chi connectivity index (χ1v) is 5.36. The largest absolute Gasteiger partial charge is 1.00 e. The Kier molecular flexibility index (Phi) is 7.32. The molecule has 3 nitrogen and oxygen atoms in total. The monoisotopic (exact) mass is 285 g/mol. The fourth-order valence-corrected chi connectivity index (χ4v) is 1.56. The molecule has 0 spiro atoms. The van der Waals surface area contributed by atoms with Gasteiger partial charge in [-0.3, -0.25) is 0 Å². The first-order valence-electron chi connectivity index (χ1n) is 5.36. The number of pyridine rings is 2. The van der Waals surface area contributed by atoms with E-state index in [1.807, 2.05) is 32.3 Å². The number of anilines is 1. The fourth-order valence-electron chi connectivity index (χ4n) is 1.56. The summed E-state index contributed by atoms with van der Waals surface area (Å²) in [7, 11) is 4.09. The minimum atomic E-state index is 0. The summed E-state index contributed by atoms with van der Waals surface area (Å²) in [5.41, 5.74) is 1.22. The lowest BCUT2D eigenvalue weighted by Gasteiger charge is -2.09. The molecule has 5 heteroatoms. The topological polar surface area (TPSA) is 11.0 Å². The van der Waals surface area contributed by atoms with Crippen molar-refractivity contribution in [3.63, 3.8) is 0 Å². The van der Waals surface area contributed by atoms with Crippen LogP contribution in [-0.2, 0) is 6.67 Å². The van der Waals surface area contributed by atoms with Crippen molar-refractivity contribution >= 4 is 5.69 Å². The Morgan fingerprint density at radius 3 is 1.83 bits per heavy atom. The van der Waals surface area contributed by atoms with Crippen molar-refractivity contribution in [3.8, 4) is 0 Å². The van der Waals surface area contributed by atoms with Crippen molar-refractivity contribution in [2.45, 2.75) is 6.67 Å². The van der Waals surface area contributed by atoms with E-state index >= 15 is 0 Å². The minimum absolute atomic E-state index is 0. The Balaban J connectivity index is 0.00000144. The van der Waals surface area contributed by atoms with Gasteiger partial charge < -0.3 is 29.7 Å². The maximum atomic E-state index is 2.15. The van der Waals surface area contributed by atoms with Crippen LogP contribution in [0.2, 0.25) is 0 Å². The third-order valence-electron chi connectivity index (χ3n) is 2.49. The molecule has 0 radical (unpaired) electrons. The van der Waals surface area contributed by atoms with Gasteiger partial charge in [-0.25, -0.2) is 0 Å². The van der Waals surface area contributed by atoms with E-state index in [9.17, 15) is 0 Å². The molecular weight excluding hydrogens is 269 g/mol. The van der Waals surface area contributed by atoms with Gasteiger partial charge in [0.2, 0.25) is 0 Å². The SMILES string of the molecule is CN(C)c1cc[n+](C[n+]2ccccc2)cc1.[Cl-].[Cl-]. The molecular formula is C13H17Cl2N3. The Labute approximate surface area is 121 Å². The molecule has 0 aliphatic rings. The van der Waals surface area contributed by atoms with Gasteiger partial charge in [0, 0.05) is 44.0 Å². The average molecular weight is 286 g/mol. The molecule has 0 saturated heterocycles. The molecule has 0 aliphatic carbocycles. The summed E-state index contributed by atoms with van der Waals surface area (Å²) in [5, 5.41) is 0. The Hall–Kier alpha value is -1.32. The molecule has 0 aromatic carbocycles. The number of aromatic nitrogens is 2. The third kappa shape index (κ3) is 4.51. The van der Waals surface area contributed by atoms with E-state index in [1.165, 1.54) is 5.69 Å². The number of nitrogens with zero attached hydrogens (tertiary/aromatic N) is 3. The molecule has 0 saturated carbocycles. The molecule has 2 rings (SSSR count). The lowest BCUT2D eigenvalue weighted by Crippen LogP contribution is -3.00. The first kappa shape index (κ1) is 16.7. The highest BCUT2D eigenvalue weighted by molar-refractivity contribution is 5.41. The Morgan fingerprint density at radius 1 is 0.833 bits per heavy atom. The molecule has 2 aromatic rings. The predicted octanol–water partition coefficient (Wildman–Crippen LogP) is -5.16. The fraction of sp³-hybridized carbons (Fsp3) is 0.231. The smallest absolute Gasteiger partial charge is 0.343 e. The van der Waals surface area contributed by atoms with Gasteiger partial charge in [0.25, 0.3) is 0 Å². The molecule has 0 bridgehead atoms. The van der Waals surface area contributed by atoms with Gasteiger partial charge in [-0.2, -0.15) is 0 Å². The van der Waals surface area contributed by atoms with E-state index < -0.39 is 0 Å². The van der Waals surface area contributed by atoms with Gasteiger partial charge in [0.05, 0.1) is 0 Å². The average Bonchev–Trinajstić information content (AvgIpc) is 2.31. The van der Waals surface area contributed by atoms with Gasteiger partial charge in [0.1, 0.15) is 0 Å². The van der Waals surface area contributed by atoms with Crippen molar-refractivity contribution in [3.05, 3.63) is 55.1 Å². The predicted molar refractivity (Wildman–Crippen MR) is 63.0 cm³/mol. The quantitative estimate of drug-likeness (QED) is 0.514. The maximum Gasteiger partial charge on any atom is 0.343 e. The zero-order chi connectivity index (χ0) is 11.4. The van der Waals surface area contributed by atoms with Crippen LogP contribution in [0.25, 0.3) is 0 Å². The highest BCUT2D eigenvalue weighted by Gasteiger charge is 2.06. The second-order valence-electron chi connectivity index (χ2n) is 4.00. The second-order valence-corrected chi connectivity index (χ2v) is 4.00. The summed E-state index contributed by atoms with van der Waals surface area (Å²) in [6.45, 7) is 0.842. The number of hydrogen-bond donors (Lipinski definition) is 0. The van der Waals surface area contributed by atoms with Crippen LogP contribution in [0.5, 0.6) is 0 Å². The van der Waals surface area contributed by atoms with Crippen LogP contribution in [0.1, 0.15) is 0 Å². The van der Waals surface area contributed by atoms with Crippen LogP contribution in [0.3, 0.4) is 0 Å². The van der Waals surface area contributed by atoms with Gasteiger partial charge in [-0.05, 0) is 0 Å². The molecule has 18 heavy (non-hydrogen) atoms. The summed E-state index contributed by atoms with van der Waals surface area (Å²) in [4.78, 5) is 2.10. The molecule has 0 atom stereocenters. The molecule has 0 fully saturated rings. The van der Waals surface area contributed by atoms with Crippen LogP contribution in [-0.4, -0.2) is 14.1 Å². The lowest BCUT2D eigenvalue weighted by molar-refractivity contribution is -0.913. The third-order valence-corrected chi connectivity index (χ3v) is 2.49. The molecule has 2 aromatic heterocycles. The van der Waals surface area contributed by atoms with Crippen LogP contribution >= 0.6 is 0 Å². The van der Waals surface area contributed by atoms with E-state index in [0.717, 1.165) is 6.67 Å². The zero-order valence-electron chi connectivity index (χ0n) is 10.5. The summed E-state index contributed by atoms with van der Waals surface area (Å²) in [5.74, 6) is 0. The van der Waals surface area contributed by atoms with Crippen LogP contribution in [0.15, 0.2) is 55.1 Å². The molecule has 0 aliphatic heterocycles. The summed E-state index contributed by atoms with van der Waals surface area (Å²) >= 11 is 0. The summed E-state index contributed by atoms with van der Waals surface area (Å²) < 4.78 is 4.28. The molecule has 0 N–H and O–H groups in total. The van der Waals surface area contributed by atoms with Crippen molar-refractivity contribution in [2.24, 2.45) is 0 Å². The van der Waals surface area contributed by atoms with Gasteiger partial charge in [0.15, 0.2) is 24.8 Å². The highest BCUT2D eigenvalue weighted by atomic mass is 35.5. The first-order chi connectivity index (χ1) is 7.75. The minimum Gasteiger partial charge on any atom is -1.00 e. The number of hydrogen-bond acceptors (Lipinski definition) is 1. The lowest BCUT2D eigenvalue weighted by atomic mass is 10.4. The van der Waals surface area contributed by atoms with Crippen molar-refractivity contribution < 1.29 is 33.9 Å².